The van der Waals surface area contributed by atoms with Crippen molar-refractivity contribution in [3.8, 4) is 12.3 Å². The van der Waals surface area contributed by atoms with Gasteiger partial charge in [-0.05, 0) is 25.5 Å². The summed E-state index contributed by atoms with van der Waals surface area (Å²) in [4.78, 5) is 14.2. The van der Waals surface area contributed by atoms with Crippen molar-refractivity contribution in [2.75, 3.05) is 6.61 Å². The predicted octanol–water partition coefficient (Wildman–Crippen LogP) is 1.42. The lowest BCUT2D eigenvalue weighted by Gasteiger charge is -1.98. The number of carbonyl (C=O) groups is 1. The van der Waals surface area contributed by atoms with E-state index < -0.39 is 5.97 Å². The maximum Gasteiger partial charge on any atom is 0.355 e. The van der Waals surface area contributed by atoms with Gasteiger partial charge in [-0.15, -0.1) is 6.42 Å². The van der Waals surface area contributed by atoms with Crippen LogP contribution in [0.3, 0.4) is 0 Å². The number of H-pyrrole nitrogens is 1. The summed E-state index contributed by atoms with van der Waals surface area (Å²) in [7, 11) is 0. The highest BCUT2D eigenvalue weighted by molar-refractivity contribution is 5.89. The van der Waals surface area contributed by atoms with E-state index in [1.54, 1.807) is 0 Å². The number of rotatable bonds is 2. The molecule has 0 radical (unpaired) electrons. The van der Waals surface area contributed by atoms with E-state index in [0.29, 0.717) is 5.69 Å². The van der Waals surface area contributed by atoms with Gasteiger partial charge < -0.3 is 9.72 Å². The van der Waals surface area contributed by atoms with Crippen LogP contribution in [0.15, 0.2) is 6.07 Å². The minimum atomic E-state index is -0.399. The molecule has 0 saturated carbocycles. The quantitative estimate of drug-likeness (QED) is 0.548. The Morgan fingerprint density at radius 1 is 1.69 bits per heavy atom. The molecule has 0 aromatic carbocycles. The van der Waals surface area contributed by atoms with Gasteiger partial charge in [0.05, 0.1) is 0 Å². The molecule has 0 fully saturated rings. The highest BCUT2D eigenvalue weighted by atomic mass is 16.5. The fourth-order valence-electron chi connectivity index (χ4n) is 1.12. The molecule has 0 unspecified atom stereocenters. The lowest BCUT2D eigenvalue weighted by atomic mass is 10.3. The third-order valence-corrected chi connectivity index (χ3v) is 1.64. The van der Waals surface area contributed by atoms with Crippen LogP contribution in [0, 0.1) is 26.2 Å². The van der Waals surface area contributed by atoms with Gasteiger partial charge in [-0.1, -0.05) is 5.92 Å². The van der Waals surface area contributed by atoms with Crippen molar-refractivity contribution in [1.29, 1.82) is 0 Å². The summed E-state index contributed by atoms with van der Waals surface area (Å²) in [5, 5.41) is 0. The molecule has 0 amide bonds. The maximum atomic E-state index is 11.3. The molecule has 68 valence electrons. The Balaban J connectivity index is 2.78. The minimum absolute atomic E-state index is 0.0103. The summed E-state index contributed by atoms with van der Waals surface area (Å²) in [5.74, 6) is 1.84. The number of aromatic amines is 1. The first kappa shape index (κ1) is 9.40. The summed E-state index contributed by atoms with van der Waals surface area (Å²) in [6, 6.07) is 1.88. The molecule has 0 saturated heterocycles. The average molecular weight is 177 g/mol. The van der Waals surface area contributed by atoms with E-state index in [4.69, 9.17) is 11.2 Å². The summed E-state index contributed by atoms with van der Waals surface area (Å²) >= 11 is 0. The monoisotopic (exact) mass is 177 g/mol. The molecular formula is C10H11NO2. The number of terminal acetylenes is 1. The zero-order valence-corrected chi connectivity index (χ0v) is 7.68. The van der Waals surface area contributed by atoms with Gasteiger partial charge in [-0.3, -0.25) is 0 Å². The van der Waals surface area contributed by atoms with Crippen molar-refractivity contribution >= 4 is 5.97 Å². The van der Waals surface area contributed by atoms with E-state index in [0.717, 1.165) is 11.3 Å². The van der Waals surface area contributed by atoms with Gasteiger partial charge in [0.1, 0.15) is 5.69 Å². The predicted molar refractivity (Wildman–Crippen MR) is 49.4 cm³/mol. The first-order valence-electron chi connectivity index (χ1n) is 3.92. The molecule has 1 aromatic rings. The molecule has 3 heteroatoms. The highest BCUT2D eigenvalue weighted by Crippen LogP contribution is 2.09. The second-order valence-corrected chi connectivity index (χ2v) is 2.79. The number of hydrogen-bond donors (Lipinski definition) is 1. The molecule has 13 heavy (non-hydrogen) atoms. The maximum absolute atomic E-state index is 11.3. The normalized spacial score (nSPS) is 9.31. The van der Waals surface area contributed by atoms with E-state index in [2.05, 4.69) is 10.9 Å². The Morgan fingerprint density at radius 2 is 2.38 bits per heavy atom. The smallest absolute Gasteiger partial charge is 0.355 e. The van der Waals surface area contributed by atoms with E-state index in [1.165, 1.54) is 0 Å². The molecule has 1 N–H and O–H groups in total. The summed E-state index contributed by atoms with van der Waals surface area (Å²) in [6.07, 6.45) is 4.96. The van der Waals surface area contributed by atoms with E-state index in [1.807, 2.05) is 19.9 Å². The van der Waals surface area contributed by atoms with Crippen molar-refractivity contribution in [3.05, 3.63) is 23.0 Å². The van der Waals surface area contributed by atoms with Crippen molar-refractivity contribution in [3.63, 3.8) is 0 Å². The number of hydrogen-bond acceptors (Lipinski definition) is 2. The Kier molecular flexibility index (Phi) is 2.76. The van der Waals surface area contributed by atoms with Gasteiger partial charge in [0.15, 0.2) is 6.61 Å². The van der Waals surface area contributed by atoms with Gasteiger partial charge in [-0.2, -0.15) is 0 Å². The largest absolute Gasteiger partial charge is 0.448 e. The molecule has 0 atom stereocenters. The van der Waals surface area contributed by atoms with Crippen molar-refractivity contribution in [2.45, 2.75) is 13.8 Å². The summed E-state index contributed by atoms with van der Waals surface area (Å²) < 4.78 is 4.77. The Bertz CT molecular complexity index is 357. The lowest BCUT2D eigenvalue weighted by molar-refractivity contribution is 0.0550. The van der Waals surface area contributed by atoms with Gasteiger partial charge in [0, 0.05) is 5.69 Å². The third kappa shape index (κ3) is 2.12. The number of esters is 1. The standard InChI is InChI=1S/C10H11NO2/c1-4-5-13-10(12)9-7(2)6-8(3)11-9/h1,6,11H,5H2,2-3H3. The van der Waals surface area contributed by atoms with Crippen molar-refractivity contribution in [1.82, 2.24) is 4.98 Å². The molecule has 0 aliphatic rings. The fourth-order valence-corrected chi connectivity index (χ4v) is 1.12. The second-order valence-electron chi connectivity index (χ2n) is 2.79. The molecule has 3 nitrogen and oxygen atoms in total. The first-order chi connectivity index (χ1) is 6.15. The lowest BCUT2D eigenvalue weighted by Crippen LogP contribution is -2.07. The van der Waals surface area contributed by atoms with Gasteiger partial charge in [0.2, 0.25) is 0 Å². The average Bonchev–Trinajstić information content (AvgIpc) is 2.41. The third-order valence-electron chi connectivity index (χ3n) is 1.64. The topological polar surface area (TPSA) is 42.1 Å². The van der Waals surface area contributed by atoms with Crippen LogP contribution in [0.2, 0.25) is 0 Å². The number of carbonyl (C=O) groups excluding carboxylic acids is 1. The van der Waals surface area contributed by atoms with Crippen LogP contribution in [0.5, 0.6) is 0 Å². The molecule has 0 aliphatic heterocycles. The molecular weight excluding hydrogens is 166 g/mol. The van der Waals surface area contributed by atoms with Gasteiger partial charge in [-0.25, -0.2) is 4.79 Å². The van der Waals surface area contributed by atoms with Crippen LogP contribution in [0.1, 0.15) is 21.7 Å². The molecule has 1 rings (SSSR count). The minimum Gasteiger partial charge on any atom is -0.448 e. The Morgan fingerprint density at radius 3 is 2.85 bits per heavy atom. The Labute approximate surface area is 77.1 Å². The van der Waals surface area contributed by atoms with Gasteiger partial charge in [0.25, 0.3) is 0 Å². The first-order valence-corrected chi connectivity index (χ1v) is 3.92. The SMILES string of the molecule is C#CCOC(=O)c1[nH]c(C)cc1C. The zero-order chi connectivity index (χ0) is 9.84. The van der Waals surface area contributed by atoms with Crippen LogP contribution in [0.25, 0.3) is 0 Å². The van der Waals surface area contributed by atoms with Crippen LogP contribution >= 0.6 is 0 Å². The highest BCUT2D eigenvalue weighted by Gasteiger charge is 2.11. The summed E-state index contributed by atoms with van der Waals surface area (Å²) in [5.41, 5.74) is 2.29. The van der Waals surface area contributed by atoms with Crippen LogP contribution in [0.4, 0.5) is 0 Å². The molecule has 0 spiro atoms. The molecule has 1 aromatic heterocycles. The van der Waals surface area contributed by atoms with Crippen molar-refractivity contribution < 1.29 is 9.53 Å². The number of aromatic nitrogens is 1. The van der Waals surface area contributed by atoms with Crippen molar-refractivity contribution in [2.24, 2.45) is 0 Å². The molecule has 0 aliphatic carbocycles. The van der Waals surface area contributed by atoms with E-state index in [9.17, 15) is 4.79 Å². The number of ether oxygens (including phenoxy) is 1. The molecule has 1 heterocycles. The second kappa shape index (κ2) is 3.81. The van der Waals surface area contributed by atoms with Crippen LogP contribution in [-0.4, -0.2) is 17.6 Å². The Hall–Kier alpha value is -1.69. The number of aryl methyl sites for hydroxylation is 2. The zero-order valence-electron chi connectivity index (χ0n) is 7.68. The van der Waals surface area contributed by atoms with Crippen LogP contribution in [-0.2, 0) is 4.74 Å². The van der Waals surface area contributed by atoms with Crippen LogP contribution < -0.4 is 0 Å². The van der Waals surface area contributed by atoms with E-state index in [-0.39, 0.29) is 6.61 Å². The number of nitrogens with one attached hydrogen (secondary N) is 1. The van der Waals surface area contributed by atoms with Gasteiger partial charge >= 0.3 is 5.97 Å². The molecule has 0 bridgehead atoms. The fraction of sp³-hybridized carbons (Fsp3) is 0.300. The van der Waals surface area contributed by atoms with E-state index >= 15 is 0 Å². The summed E-state index contributed by atoms with van der Waals surface area (Å²) in [6.45, 7) is 3.73.